The number of hydrogen-bond acceptors (Lipinski definition) is 7. The van der Waals surface area contributed by atoms with E-state index in [1.54, 1.807) is 13.1 Å². The molecular formula is C24H27N5O5. The van der Waals surface area contributed by atoms with Crippen LogP contribution in [0.2, 0.25) is 0 Å². The number of rotatable bonds is 6. The number of aryl methyl sites for hydroxylation is 1. The molecule has 0 bridgehead atoms. The number of nitrogens with zero attached hydrogens (tertiary/aromatic N) is 4. The Hall–Kier alpha value is -3.69. The highest BCUT2D eigenvalue weighted by Gasteiger charge is 2.65. The predicted octanol–water partition coefficient (Wildman–Crippen LogP) is 1.58. The van der Waals surface area contributed by atoms with Gasteiger partial charge in [-0.05, 0) is 56.2 Å². The number of hydrogen-bond donors (Lipinski definition) is 2. The number of aromatic hydroxyl groups is 1. The highest BCUT2D eigenvalue weighted by molar-refractivity contribution is 5.92. The largest absolute Gasteiger partial charge is 0.503 e. The number of pyridine rings is 1. The van der Waals surface area contributed by atoms with Gasteiger partial charge in [0.15, 0.2) is 11.4 Å². The van der Waals surface area contributed by atoms with Crippen LogP contribution in [0.3, 0.4) is 0 Å². The molecule has 2 aliphatic rings. The second kappa shape index (κ2) is 7.96. The second-order valence-electron chi connectivity index (χ2n) is 9.26. The number of ether oxygens (including phenoxy) is 1. The van der Waals surface area contributed by atoms with E-state index in [1.807, 2.05) is 19.1 Å². The molecule has 0 radical (unpaired) electrons. The van der Waals surface area contributed by atoms with Crippen molar-refractivity contribution in [1.29, 1.82) is 0 Å². The van der Waals surface area contributed by atoms with Crippen LogP contribution in [-0.4, -0.2) is 50.0 Å². The molecule has 0 aliphatic heterocycles. The number of carbonyl (C=O) groups is 2. The summed E-state index contributed by atoms with van der Waals surface area (Å²) in [5.74, 6) is -1.12. The fraction of sp³-hybridized carbons (Fsp3) is 0.458. The molecule has 2 fully saturated rings. The van der Waals surface area contributed by atoms with Crippen molar-refractivity contribution < 1.29 is 19.4 Å². The minimum atomic E-state index is -0.815. The van der Waals surface area contributed by atoms with Crippen molar-refractivity contribution in [1.82, 2.24) is 24.6 Å². The van der Waals surface area contributed by atoms with E-state index in [0.717, 1.165) is 16.6 Å². The fourth-order valence-electron chi connectivity index (χ4n) is 5.71. The van der Waals surface area contributed by atoms with Gasteiger partial charge in [0.1, 0.15) is 5.65 Å². The third-order valence-corrected chi connectivity index (χ3v) is 7.24. The molecule has 2 aliphatic carbocycles. The third kappa shape index (κ3) is 3.36. The molecule has 3 aromatic heterocycles. The van der Waals surface area contributed by atoms with E-state index in [0.29, 0.717) is 26.0 Å². The monoisotopic (exact) mass is 465 g/mol. The maximum Gasteiger partial charge on any atom is 0.309 e. The fourth-order valence-corrected chi connectivity index (χ4v) is 5.71. The quantitative estimate of drug-likeness (QED) is 0.529. The Morgan fingerprint density at radius 3 is 2.71 bits per heavy atom. The lowest BCUT2D eigenvalue weighted by Crippen LogP contribution is -2.39. The van der Waals surface area contributed by atoms with E-state index in [9.17, 15) is 19.5 Å². The van der Waals surface area contributed by atoms with Crippen LogP contribution in [0.1, 0.15) is 35.8 Å². The van der Waals surface area contributed by atoms with Gasteiger partial charge in [-0.3, -0.25) is 19.1 Å². The highest BCUT2D eigenvalue weighted by Crippen LogP contribution is 2.64. The number of nitrogens with one attached hydrogen (secondary N) is 1. The Morgan fingerprint density at radius 1 is 1.29 bits per heavy atom. The molecule has 2 N–H and O–H groups in total. The summed E-state index contributed by atoms with van der Waals surface area (Å²) in [5, 5.41) is 17.9. The number of esters is 1. The van der Waals surface area contributed by atoms with Crippen LogP contribution < -0.4 is 10.7 Å². The van der Waals surface area contributed by atoms with Gasteiger partial charge in [0.25, 0.3) is 11.3 Å². The number of aromatic nitrogens is 4. The molecule has 3 aromatic rings. The van der Waals surface area contributed by atoms with E-state index in [1.165, 1.54) is 17.9 Å². The van der Waals surface area contributed by atoms with Gasteiger partial charge in [-0.15, -0.1) is 0 Å². The molecule has 2 atom stereocenters. The summed E-state index contributed by atoms with van der Waals surface area (Å²) in [6.45, 7) is 4.49. The van der Waals surface area contributed by atoms with Crippen molar-refractivity contribution in [3.05, 3.63) is 52.2 Å². The zero-order valence-electron chi connectivity index (χ0n) is 19.3. The topological polar surface area (TPSA) is 128 Å². The standard InChI is InChI=1S/C24H27N5O5/c1-4-34-23(33)18-15-8-24(9-16(15)18,29-10-13(2)14-6-5-7-26-21(14)29)12-28-11-17(30)20(31)19(27-28)22(32)25-3/h5-7,10-11,15-16,18,30H,4,8-9,12H2,1-3H3,(H,25,32). The Balaban J connectivity index is 1.58. The van der Waals surface area contributed by atoms with Gasteiger partial charge in [0, 0.05) is 24.8 Å². The molecule has 3 heterocycles. The number of fused-ring (bicyclic) bond motifs is 2. The Labute approximate surface area is 195 Å². The Morgan fingerprint density at radius 2 is 2.03 bits per heavy atom. The zero-order valence-corrected chi connectivity index (χ0v) is 19.3. The number of carbonyl (C=O) groups excluding carboxylic acids is 2. The van der Waals surface area contributed by atoms with Crippen molar-refractivity contribution >= 4 is 22.9 Å². The van der Waals surface area contributed by atoms with Crippen molar-refractivity contribution in [3.63, 3.8) is 0 Å². The molecular weight excluding hydrogens is 438 g/mol. The summed E-state index contributed by atoms with van der Waals surface area (Å²) < 4.78 is 8.86. The van der Waals surface area contributed by atoms with Gasteiger partial charge in [0.05, 0.1) is 30.8 Å². The van der Waals surface area contributed by atoms with Crippen molar-refractivity contribution in [3.8, 4) is 5.75 Å². The molecule has 2 saturated carbocycles. The highest BCUT2D eigenvalue weighted by atomic mass is 16.5. The van der Waals surface area contributed by atoms with Crippen LogP contribution in [0, 0.1) is 24.7 Å². The summed E-state index contributed by atoms with van der Waals surface area (Å²) in [7, 11) is 1.40. The molecule has 10 nitrogen and oxygen atoms in total. The van der Waals surface area contributed by atoms with E-state index in [4.69, 9.17) is 4.74 Å². The lowest BCUT2D eigenvalue weighted by atomic mass is 9.90. The summed E-state index contributed by atoms with van der Waals surface area (Å²) in [6.07, 6.45) is 6.44. The van der Waals surface area contributed by atoms with Crippen LogP contribution >= 0.6 is 0 Å². The van der Waals surface area contributed by atoms with Gasteiger partial charge >= 0.3 is 5.97 Å². The average molecular weight is 466 g/mol. The smallest absolute Gasteiger partial charge is 0.309 e. The first-order valence-corrected chi connectivity index (χ1v) is 11.4. The van der Waals surface area contributed by atoms with E-state index < -0.39 is 22.6 Å². The normalized spacial score (nSPS) is 25.2. The summed E-state index contributed by atoms with van der Waals surface area (Å²) >= 11 is 0. The van der Waals surface area contributed by atoms with E-state index >= 15 is 0 Å². The van der Waals surface area contributed by atoms with E-state index in [2.05, 4.69) is 26.2 Å². The van der Waals surface area contributed by atoms with Crippen molar-refractivity contribution in [2.45, 2.75) is 38.8 Å². The van der Waals surface area contributed by atoms with Gasteiger partial charge in [-0.1, -0.05) is 0 Å². The molecule has 10 heteroatoms. The van der Waals surface area contributed by atoms with Crippen LogP contribution in [0.15, 0.2) is 35.5 Å². The van der Waals surface area contributed by atoms with Crippen LogP contribution in [0.4, 0.5) is 0 Å². The lowest BCUT2D eigenvalue weighted by molar-refractivity contribution is -0.145. The average Bonchev–Trinajstić information content (AvgIpc) is 3.16. The minimum Gasteiger partial charge on any atom is -0.503 e. The molecule has 2 unspecified atom stereocenters. The first-order valence-electron chi connectivity index (χ1n) is 11.4. The lowest BCUT2D eigenvalue weighted by Gasteiger charge is -2.34. The molecule has 5 rings (SSSR count). The molecule has 0 aromatic carbocycles. The van der Waals surface area contributed by atoms with Crippen molar-refractivity contribution in [2.75, 3.05) is 13.7 Å². The zero-order chi connectivity index (χ0) is 24.2. The summed E-state index contributed by atoms with van der Waals surface area (Å²) in [6, 6.07) is 3.91. The van der Waals surface area contributed by atoms with Crippen LogP contribution in [0.25, 0.3) is 11.0 Å². The molecule has 178 valence electrons. The van der Waals surface area contributed by atoms with Gasteiger partial charge < -0.3 is 19.7 Å². The first-order chi connectivity index (χ1) is 16.3. The first kappa shape index (κ1) is 22.1. The Kier molecular flexibility index (Phi) is 5.18. The van der Waals surface area contributed by atoms with Crippen molar-refractivity contribution in [2.24, 2.45) is 17.8 Å². The SMILES string of the molecule is CCOC(=O)C1C2CC(Cn3cc(O)c(=O)c(C(=O)NC)n3)(n3cc(C)c4cccnc43)CC21. The molecule has 0 saturated heterocycles. The maximum absolute atomic E-state index is 12.4. The van der Waals surface area contributed by atoms with Gasteiger partial charge in [-0.25, -0.2) is 4.98 Å². The molecule has 0 spiro atoms. The third-order valence-electron chi connectivity index (χ3n) is 7.24. The summed E-state index contributed by atoms with van der Waals surface area (Å²) in [4.78, 5) is 41.5. The van der Waals surface area contributed by atoms with Crippen LogP contribution in [0.5, 0.6) is 5.75 Å². The molecule has 1 amide bonds. The van der Waals surface area contributed by atoms with E-state index in [-0.39, 0.29) is 29.4 Å². The predicted molar refractivity (Wildman–Crippen MR) is 122 cm³/mol. The Bertz CT molecular complexity index is 1350. The van der Waals surface area contributed by atoms with Gasteiger partial charge in [0.2, 0.25) is 0 Å². The number of amides is 1. The van der Waals surface area contributed by atoms with Gasteiger partial charge in [-0.2, -0.15) is 5.10 Å². The van der Waals surface area contributed by atoms with Crippen LogP contribution in [-0.2, 0) is 21.6 Å². The molecule has 34 heavy (non-hydrogen) atoms. The second-order valence-corrected chi connectivity index (χ2v) is 9.26. The maximum atomic E-state index is 12.4. The summed E-state index contributed by atoms with van der Waals surface area (Å²) in [5.41, 5.74) is 0.216. The minimum absolute atomic E-state index is 0.110.